The number of methoxy groups -OCH3 is 1. The molecule has 1 rings (SSSR count). The van der Waals surface area contributed by atoms with E-state index in [-0.39, 0.29) is 22.4 Å². The van der Waals surface area contributed by atoms with Crippen LogP contribution in [0.2, 0.25) is 0 Å². The Bertz CT molecular complexity index is 328. The SMILES string of the molecule is COc1cccc(C(=O)O)c1O.ClCCl. The maximum absolute atomic E-state index is 10.5. The van der Waals surface area contributed by atoms with E-state index in [9.17, 15) is 9.90 Å². The number of rotatable bonds is 2. The number of ether oxygens (including phenoxy) is 1. The van der Waals surface area contributed by atoms with Gasteiger partial charge in [0.25, 0.3) is 0 Å². The van der Waals surface area contributed by atoms with Gasteiger partial charge >= 0.3 is 5.97 Å². The highest BCUT2D eigenvalue weighted by atomic mass is 35.5. The van der Waals surface area contributed by atoms with Crippen molar-refractivity contribution in [2.75, 3.05) is 12.4 Å². The molecule has 0 spiro atoms. The number of aromatic hydroxyl groups is 1. The van der Waals surface area contributed by atoms with Crippen LogP contribution in [0.15, 0.2) is 18.2 Å². The third-order valence-electron chi connectivity index (χ3n) is 1.45. The van der Waals surface area contributed by atoms with E-state index >= 15 is 0 Å². The summed E-state index contributed by atoms with van der Waals surface area (Å²) >= 11 is 9.53. The minimum atomic E-state index is -1.17. The van der Waals surface area contributed by atoms with Gasteiger partial charge in [-0.2, -0.15) is 0 Å². The summed E-state index contributed by atoms with van der Waals surface area (Å²) in [5.41, 5.74) is -0.158. The first kappa shape index (κ1) is 13.9. The Morgan fingerprint density at radius 2 is 2.00 bits per heavy atom. The molecule has 1 aromatic rings. The number of alkyl halides is 2. The van der Waals surface area contributed by atoms with Gasteiger partial charge in [0, 0.05) is 0 Å². The van der Waals surface area contributed by atoms with E-state index < -0.39 is 5.97 Å². The number of para-hydroxylation sites is 1. The van der Waals surface area contributed by atoms with Crippen LogP contribution in [-0.4, -0.2) is 28.6 Å². The number of hydrogen-bond acceptors (Lipinski definition) is 3. The molecule has 0 aliphatic carbocycles. The molecule has 0 fully saturated rings. The Balaban J connectivity index is 0.000000583. The third kappa shape index (κ3) is 4.27. The molecule has 15 heavy (non-hydrogen) atoms. The quantitative estimate of drug-likeness (QED) is 0.794. The number of halogens is 2. The lowest BCUT2D eigenvalue weighted by Crippen LogP contribution is -1.97. The van der Waals surface area contributed by atoms with Crippen LogP contribution < -0.4 is 4.74 Å². The van der Waals surface area contributed by atoms with E-state index in [0.717, 1.165) is 0 Å². The molecule has 0 aromatic heterocycles. The zero-order valence-electron chi connectivity index (χ0n) is 7.91. The molecule has 6 heteroatoms. The van der Waals surface area contributed by atoms with Crippen molar-refractivity contribution in [1.82, 2.24) is 0 Å². The van der Waals surface area contributed by atoms with Gasteiger partial charge in [0.15, 0.2) is 11.5 Å². The van der Waals surface area contributed by atoms with Gasteiger partial charge in [0.1, 0.15) is 5.56 Å². The monoisotopic (exact) mass is 252 g/mol. The first-order valence-electron chi connectivity index (χ1n) is 3.79. The summed E-state index contributed by atoms with van der Waals surface area (Å²) in [6.45, 7) is 0. The first-order valence-corrected chi connectivity index (χ1v) is 4.86. The summed E-state index contributed by atoms with van der Waals surface area (Å²) in [6, 6.07) is 4.30. The fourth-order valence-corrected chi connectivity index (χ4v) is 0.860. The fraction of sp³-hybridized carbons (Fsp3) is 0.222. The van der Waals surface area contributed by atoms with E-state index in [0.29, 0.717) is 0 Å². The molecule has 0 bridgehead atoms. The van der Waals surface area contributed by atoms with Crippen LogP contribution in [0.5, 0.6) is 11.5 Å². The molecule has 0 heterocycles. The summed E-state index contributed by atoms with van der Waals surface area (Å²) in [4.78, 5) is 10.5. The highest BCUT2D eigenvalue weighted by molar-refractivity contribution is 6.40. The number of benzene rings is 1. The molecule has 0 amide bonds. The van der Waals surface area contributed by atoms with Crippen LogP contribution in [0, 0.1) is 0 Å². The molecule has 0 unspecified atom stereocenters. The van der Waals surface area contributed by atoms with E-state index in [1.54, 1.807) is 0 Å². The predicted octanol–water partition coefficient (Wildman–Crippen LogP) is 2.52. The summed E-state index contributed by atoms with van der Waals surface area (Å²) in [6.07, 6.45) is 0. The van der Waals surface area contributed by atoms with E-state index in [1.165, 1.54) is 25.3 Å². The number of carboxylic acids is 1. The van der Waals surface area contributed by atoms with Gasteiger partial charge < -0.3 is 14.9 Å². The number of phenols is 1. The lowest BCUT2D eigenvalue weighted by Gasteiger charge is -2.04. The van der Waals surface area contributed by atoms with Gasteiger partial charge in [-0.25, -0.2) is 4.79 Å². The summed E-state index contributed by atoms with van der Waals surface area (Å²) in [5.74, 6) is -1.35. The first-order chi connectivity index (χ1) is 7.08. The van der Waals surface area contributed by atoms with Crippen molar-refractivity contribution in [3.05, 3.63) is 23.8 Å². The van der Waals surface area contributed by atoms with Crippen LogP contribution >= 0.6 is 23.2 Å². The second kappa shape index (κ2) is 7.20. The molecule has 0 radical (unpaired) electrons. The molecule has 0 saturated heterocycles. The fourth-order valence-electron chi connectivity index (χ4n) is 0.860. The van der Waals surface area contributed by atoms with Crippen molar-refractivity contribution in [1.29, 1.82) is 0 Å². The minimum Gasteiger partial charge on any atom is -0.504 e. The average molecular weight is 253 g/mol. The van der Waals surface area contributed by atoms with Crippen molar-refractivity contribution >= 4 is 29.2 Å². The molecule has 1 aromatic carbocycles. The number of carboxylic acid groups (broad SMARTS) is 1. The van der Waals surface area contributed by atoms with Crippen molar-refractivity contribution in [3.63, 3.8) is 0 Å². The topological polar surface area (TPSA) is 66.8 Å². The van der Waals surface area contributed by atoms with Crippen LogP contribution in [-0.2, 0) is 0 Å². The van der Waals surface area contributed by atoms with E-state index in [2.05, 4.69) is 0 Å². The molecular formula is C9H10Cl2O4. The molecule has 2 N–H and O–H groups in total. The molecule has 0 aliphatic heterocycles. The summed E-state index contributed by atoms with van der Waals surface area (Å²) in [7, 11) is 1.36. The third-order valence-corrected chi connectivity index (χ3v) is 1.45. The Labute approximate surface area is 97.0 Å². The smallest absolute Gasteiger partial charge is 0.339 e. The number of hydrogen-bond donors (Lipinski definition) is 2. The van der Waals surface area contributed by atoms with Crippen molar-refractivity contribution < 1.29 is 19.7 Å². The van der Waals surface area contributed by atoms with Crippen LogP contribution in [0.4, 0.5) is 0 Å². The normalized spacial score (nSPS) is 8.73. The van der Waals surface area contributed by atoms with Gasteiger partial charge in [0.2, 0.25) is 0 Å². The minimum absolute atomic E-state index is 0.158. The lowest BCUT2D eigenvalue weighted by molar-refractivity contribution is 0.0693. The highest BCUT2D eigenvalue weighted by Gasteiger charge is 2.12. The van der Waals surface area contributed by atoms with Gasteiger partial charge in [-0.1, -0.05) is 6.07 Å². The molecule has 0 saturated carbocycles. The lowest BCUT2D eigenvalue weighted by atomic mass is 10.2. The van der Waals surface area contributed by atoms with Crippen molar-refractivity contribution in [3.8, 4) is 11.5 Å². The average Bonchev–Trinajstić information content (AvgIpc) is 2.19. The predicted molar refractivity (Wildman–Crippen MR) is 58.2 cm³/mol. The highest BCUT2D eigenvalue weighted by Crippen LogP contribution is 2.28. The Kier molecular flexibility index (Phi) is 6.66. The maximum Gasteiger partial charge on any atom is 0.339 e. The van der Waals surface area contributed by atoms with Crippen LogP contribution in [0.3, 0.4) is 0 Å². The molecule has 0 atom stereocenters. The van der Waals surface area contributed by atoms with Gasteiger partial charge in [0.05, 0.1) is 12.4 Å². The Morgan fingerprint density at radius 3 is 2.40 bits per heavy atom. The van der Waals surface area contributed by atoms with Crippen LogP contribution in [0.1, 0.15) is 10.4 Å². The summed E-state index contributed by atoms with van der Waals surface area (Å²) in [5, 5.41) is 18.0. The Hall–Kier alpha value is -1.13. The van der Waals surface area contributed by atoms with Crippen molar-refractivity contribution in [2.24, 2.45) is 0 Å². The summed E-state index contributed by atoms with van der Waals surface area (Å²) < 4.78 is 4.72. The molecule has 84 valence electrons. The Morgan fingerprint density at radius 1 is 1.47 bits per heavy atom. The number of carbonyl (C=O) groups is 1. The number of aromatic carboxylic acids is 1. The van der Waals surface area contributed by atoms with E-state index in [1.807, 2.05) is 0 Å². The van der Waals surface area contributed by atoms with Gasteiger partial charge in [-0.3, -0.25) is 0 Å². The van der Waals surface area contributed by atoms with Gasteiger partial charge in [-0.05, 0) is 12.1 Å². The molecular weight excluding hydrogens is 243 g/mol. The maximum atomic E-state index is 10.5. The largest absolute Gasteiger partial charge is 0.504 e. The zero-order valence-corrected chi connectivity index (χ0v) is 9.42. The molecule has 4 nitrogen and oxygen atoms in total. The van der Waals surface area contributed by atoms with Gasteiger partial charge in [-0.15, -0.1) is 23.2 Å². The van der Waals surface area contributed by atoms with Crippen LogP contribution in [0.25, 0.3) is 0 Å². The molecule has 0 aliphatic rings. The zero-order chi connectivity index (χ0) is 11.8. The van der Waals surface area contributed by atoms with Crippen molar-refractivity contribution in [2.45, 2.75) is 0 Å². The second-order valence-electron chi connectivity index (χ2n) is 2.26. The van der Waals surface area contributed by atoms with E-state index in [4.69, 9.17) is 33.0 Å². The second-order valence-corrected chi connectivity index (χ2v) is 3.07. The standard InChI is InChI=1S/C8H8O4.CH2Cl2/c1-12-6-4-2-3-5(7(6)9)8(10)11;2-1-3/h2-4,9H,1H3,(H,10,11);1H2.